The lowest BCUT2D eigenvalue weighted by atomic mass is 9.85. The summed E-state index contributed by atoms with van der Waals surface area (Å²) in [6.45, 7) is 11.1. The molecule has 2 nitrogen and oxygen atoms in total. The minimum absolute atomic E-state index is 0.450. The molecule has 1 N–H and O–H groups in total. The Morgan fingerprint density at radius 2 is 2.05 bits per heavy atom. The molecule has 2 unspecified atom stereocenters. The molecule has 0 aromatic heterocycles. The van der Waals surface area contributed by atoms with Crippen LogP contribution >= 0.6 is 0 Å². The largest absolute Gasteiger partial charge is 0.493 e. The van der Waals surface area contributed by atoms with Crippen molar-refractivity contribution in [2.45, 2.75) is 46.6 Å². The molecule has 0 amide bonds. The van der Waals surface area contributed by atoms with E-state index in [0.717, 1.165) is 25.3 Å². The molecule has 0 saturated carbocycles. The molecule has 0 spiro atoms. The fourth-order valence-electron chi connectivity index (χ4n) is 2.69. The van der Waals surface area contributed by atoms with E-state index < -0.39 is 0 Å². The van der Waals surface area contributed by atoms with E-state index in [4.69, 9.17) is 4.74 Å². The maximum Gasteiger partial charge on any atom is 0.122 e. The van der Waals surface area contributed by atoms with Gasteiger partial charge >= 0.3 is 0 Å². The lowest BCUT2D eigenvalue weighted by Crippen LogP contribution is -2.30. The third-order valence-corrected chi connectivity index (χ3v) is 4.26. The third kappa shape index (κ3) is 3.30. The molecule has 2 rings (SSSR count). The summed E-state index contributed by atoms with van der Waals surface area (Å²) in [6, 6.07) is 7.17. The summed E-state index contributed by atoms with van der Waals surface area (Å²) in [5.74, 6) is 2.39. The zero-order valence-electron chi connectivity index (χ0n) is 12.7. The number of benzene rings is 1. The molecule has 1 aliphatic heterocycles. The standard InChI is InChI=1S/C17H27NO/c1-5-9-18-17(13(4)12(2)3)15-6-7-16-14(11-15)8-10-19-16/h6-7,11-13,17-18H,5,8-10H2,1-4H3. The van der Waals surface area contributed by atoms with Crippen LogP contribution in [0.2, 0.25) is 0 Å². The Labute approximate surface area is 117 Å². The van der Waals surface area contributed by atoms with Gasteiger partial charge in [-0.15, -0.1) is 0 Å². The Morgan fingerprint density at radius 1 is 1.26 bits per heavy atom. The summed E-state index contributed by atoms with van der Waals surface area (Å²) in [5.41, 5.74) is 2.79. The third-order valence-electron chi connectivity index (χ3n) is 4.26. The maximum atomic E-state index is 5.60. The van der Waals surface area contributed by atoms with Crippen LogP contribution in [0.25, 0.3) is 0 Å². The molecule has 1 aliphatic rings. The highest BCUT2D eigenvalue weighted by Crippen LogP contribution is 2.32. The van der Waals surface area contributed by atoms with Crippen molar-refractivity contribution in [1.82, 2.24) is 5.32 Å². The maximum absolute atomic E-state index is 5.60. The van der Waals surface area contributed by atoms with Crippen LogP contribution in [0.15, 0.2) is 18.2 Å². The fourth-order valence-corrected chi connectivity index (χ4v) is 2.69. The normalized spacial score (nSPS) is 17.1. The van der Waals surface area contributed by atoms with E-state index in [0.29, 0.717) is 17.9 Å². The van der Waals surface area contributed by atoms with E-state index in [2.05, 4.69) is 51.2 Å². The number of fused-ring (bicyclic) bond motifs is 1. The summed E-state index contributed by atoms with van der Waals surface area (Å²) in [7, 11) is 0. The van der Waals surface area contributed by atoms with E-state index in [-0.39, 0.29) is 0 Å². The smallest absolute Gasteiger partial charge is 0.122 e. The number of rotatable bonds is 6. The molecule has 0 fully saturated rings. The summed E-state index contributed by atoms with van der Waals surface area (Å²) >= 11 is 0. The predicted molar refractivity (Wildman–Crippen MR) is 80.7 cm³/mol. The van der Waals surface area contributed by atoms with Gasteiger partial charge in [0, 0.05) is 12.5 Å². The Hall–Kier alpha value is -1.02. The van der Waals surface area contributed by atoms with Crippen LogP contribution < -0.4 is 10.1 Å². The van der Waals surface area contributed by atoms with Gasteiger partial charge in [0.15, 0.2) is 0 Å². The van der Waals surface area contributed by atoms with Crippen molar-refractivity contribution in [3.63, 3.8) is 0 Å². The van der Waals surface area contributed by atoms with Crippen LogP contribution in [-0.4, -0.2) is 13.2 Å². The summed E-state index contributed by atoms with van der Waals surface area (Å²) < 4.78 is 5.60. The molecule has 1 heterocycles. The number of ether oxygens (including phenoxy) is 1. The van der Waals surface area contributed by atoms with Crippen molar-refractivity contribution in [3.8, 4) is 5.75 Å². The lowest BCUT2D eigenvalue weighted by Gasteiger charge is -2.29. The second-order valence-corrected chi connectivity index (χ2v) is 6.00. The van der Waals surface area contributed by atoms with Gasteiger partial charge in [-0.05, 0) is 42.0 Å². The minimum atomic E-state index is 0.450. The lowest BCUT2D eigenvalue weighted by molar-refractivity contribution is 0.303. The Balaban J connectivity index is 2.21. The molecular formula is C17H27NO. The van der Waals surface area contributed by atoms with Crippen molar-refractivity contribution in [2.75, 3.05) is 13.2 Å². The molecule has 19 heavy (non-hydrogen) atoms. The highest BCUT2D eigenvalue weighted by molar-refractivity contribution is 5.41. The summed E-state index contributed by atoms with van der Waals surface area (Å²) in [6.07, 6.45) is 2.23. The van der Waals surface area contributed by atoms with Crippen molar-refractivity contribution in [3.05, 3.63) is 29.3 Å². The molecule has 0 bridgehead atoms. The van der Waals surface area contributed by atoms with Crippen molar-refractivity contribution < 1.29 is 4.74 Å². The van der Waals surface area contributed by atoms with Gasteiger partial charge in [-0.25, -0.2) is 0 Å². The van der Waals surface area contributed by atoms with Gasteiger partial charge in [0.1, 0.15) is 5.75 Å². The Bertz CT molecular complexity index is 414. The van der Waals surface area contributed by atoms with Crippen molar-refractivity contribution in [1.29, 1.82) is 0 Å². The van der Waals surface area contributed by atoms with Gasteiger partial charge in [-0.2, -0.15) is 0 Å². The van der Waals surface area contributed by atoms with Crippen LogP contribution in [-0.2, 0) is 6.42 Å². The van der Waals surface area contributed by atoms with Crippen LogP contribution in [0.5, 0.6) is 5.75 Å². The van der Waals surface area contributed by atoms with Crippen molar-refractivity contribution >= 4 is 0 Å². The first-order valence-electron chi connectivity index (χ1n) is 7.62. The molecule has 0 saturated heterocycles. The zero-order valence-corrected chi connectivity index (χ0v) is 12.7. The Morgan fingerprint density at radius 3 is 2.74 bits per heavy atom. The predicted octanol–water partition coefficient (Wildman–Crippen LogP) is 3.95. The van der Waals surface area contributed by atoms with Gasteiger partial charge in [-0.3, -0.25) is 0 Å². The first-order valence-corrected chi connectivity index (χ1v) is 7.62. The average molecular weight is 261 g/mol. The summed E-state index contributed by atoms with van der Waals surface area (Å²) in [5, 5.41) is 3.72. The van der Waals surface area contributed by atoms with Gasteiger partial charge in [0.2, 0.25) is 0 Å². The SMILES string of the molecule is CCCNC(c1ccc2c(c1)CCO2)C(C)C(C)C. The van der Waals surface area contributed by atoms with Gasteiger partial charge in [-0.1, -0.05) is 39.8 Å². The second kappa shape index (κ2) is 6.42. The van der Waals surface area contributed by atoms with Crippen LogP contribution in [0.3, 0.4) is 0 Å². The second-order valence-electron chi connectivity index (χ2n) is 6.00. The monoisotopic (exact) mass is 261 g/mol. The topological polar surface area (TPSA) is 21.3 Å². The van der Waals surface area contributed by atoms with E-state index in [1.54, 1.807) is 0 Å². The molecule has 2 heteroatoms. The molecule has 1 aromatic rings. The number of hydrogen-bond donors (Lipinski definition) is 1. The molecular weight excluding hydrogens is 234 g/mol. The highest BCUT2D eigenvalue weighted by atomic mass is 16.5. The van der Waals surface area contributed by atoms with Crippen LogP contribution in [0.1, 0.15) is 51.3 Å². The highest BCUT2D eigenvalue weighted by Gasteiger charge is 2.23. The first kappa shape index (κ1) is 14.4. The van der Waals surface area contributed by atoms with Crippen molar-refractivity contribution in [2.24, 2.45) is 11.8 Å². The van der Waals surface area contributed by atoms with Gasteiger partial charge in [0.25, 0.3) is 0 Å². The molecule has 0 radical (unpaired) electrons. The van der Waals surface area contributed by atoms with Gasteiger partial charge < -0.3 is 10.1 Å². The quantitative estimate of drug-likeness (QED) is 0.837. The van der Waals surface area contributed by atoms with E-state index in [9.17, 15) is 0 Å². The van der Waals surface area contributed by atoms with Crippen LogP contribution in [0, 0.1) is 11.8 Å². The average Bonchev–Trinajstić information content (AvgIpc) is 2.86. The number of nitrogens with one attached hydrogen (secondary N) is 1. The van der Waals surface area contributed by atoms with Crippen LogP contribution in [0.4, 0.5) is 0 Å². The number of hydrogen-bond acceptors (Lipinski definition) is 2. The van der Waals surface area contributed by atoms with Gasteiger partial charge in [0.05, 0.1) is 6.61 Å². The van der Waals surface area contributed by atoms with E-state index >= 15 is 0 Å². The fraction of sp³-hybridized carbons (Fsp3) is 0.647. The summed E-state index contributed by atoms with van der Waals surface area (Å²) in [4.78, 5) is 0. The zero-order chi connectivity index (χ0) is 13.8. The molecule has 0 aliphatic carbocycles. The minimum Gasteiger partial charge on any atom is -0.493 e. The Kier molecular flexibility index (Phi) is 4.87. The molecule has 2 atom stereocenters. The van der Waals surface area contributed by atoms with E-state index in [1.165, 1.54) is 17.5 Å². The molecule has 1 aromatic carbocycles. The van der Waals surface area contributed by atoms with E-state index in [1.807, 2.05) is 0 Å². The first-order chi connectivity index (χ1) is 9.13. The molecule has 106 valence electrons.